The van der Waals surface area contributed by atoms with Crippen molar-refractivity contribution in [3.05, 3.63) is 0 Å². The number of nitrogens with one attached hydrogen (secondary N) is 1. The minimum atomic E-state index is -4.33. The highest BCUT2D eigenvalue weighted by molar-refractivity contribution is 5.74. The quantitative estimate of drug-likeness (QED) is 0.782. The van der Waals surface area contributed by atoms with Crippen LogP contribution >= 0.6 is 0 Å². The Morgan fingerprint density at radius 2 is 2.07 bits per heavy atom. The lowest BCUT2D eigenvalue weighted by atomic mass is 9.93. The molecule has 1 aliphatic carbocycles. The molecule has 1 aliphatic rings. The van der Waals surface area contributed by atoms with Crippen molar-refractivity contribution in [3.8, 4) is 0 Å². The summed E-state index contributed by atoms with van der Waals surface area (Å²) in [5.74, 6) is 0. The highest BCUT2D eigenvalue weighted by Crippen LogP contribution is 2.19. The normalized spacial score (nSPS) is 17.1. The van der Waals surface area contributed by atoms with Crippen LogP contribution in [0.4, 0.5) is 18.0 Å². The fraction of sp³-hybridized carbons (Fsp3) is 0.889. The largest absolute Gasteiger partial charge is 0.406 e. The van der Waals surface area contributed by atoms with E-state index in [1.165, 1.54) is 6.92 Å². The Morgan fingerprint density at radius 3 is 2.40 bits per heavy atom. The van der Waals surface area contributed by atoms with Crippen molar-refractivity contribution >= 4 is 6.03 Å². The molecule has 0 aliphatic heterocycles. The number of alkyl halides is 3. The number of rotatable bonds is 3. The molecule has 1 N–H and O–H groups in total. The first-order valence-electron chi connectivity index (χ1n) is 5.04. The predicted octanol–water partition coefficient (Wildman–Crippen LogP) is 2.13. The van der Waals surface area contributed by atoms with Crippen molar-refractivity contribution in [2.24, 2.45) is 0 Å². The van der Waals surface area contributed by atoms with Crippen molar-refractivity contribution in [1.29, 1.82) is 0 Å². The first-order valence-corrected chi connectivity index (χ1v) is 5.04. The molecule has 1 fully saturated rings. The average Bonchev–Trinajstić information content (AvgIpc) is 2.05. The standard InChI is InChI=1S/C9H15F3N2O/c1-2-14(6-9(10,11)12)8(15)13-7-4-3-5-7/h7H,2-6H2,1H3,(H,13,15). The lowest BCUT2D eigenvalue weighted by Gasteiger charge is -2.30. The zero-order valence-electron chi connectivity index (χ0n) is 8.60. The maximum atomic E-state index is 12.1. The van der Waals surface area contributed by atoms with Crippen molar-refractivity contribution in [1.82, 2.24) is 10.2 Å². The van der Waals surface area contributed by atoms with Gasteiger partial charge in [0, 0.05) is 12.6 Å². The van der Waals surface area contributed by atoms with Gasteiger partial charge in [0.2, 0.25) is 0 Å². The molecule has 0 radical (unpaired) electrons. The fourth-order valence-electron chi connectivity index (χ4n) is 1.36. The van der Waals surface area contributed by atoms with Gasteiger partial charge in [0.1, 0.15) is 6.54 Å². The van der Waals surface area contributed by atoms with Gasteiger partial charge in [-0.1, -0.05) is 0 Å². The number of nitrogens with zero attached hydrogens (tertiary/aromatic N) is 1. The van der Waals surface area contributed by atoms with Crippen LogP contribution in [0.25, 0.3) is 0 Å². The van der Waals surface area contributed by atoms with Gasteiger partial charge in [-0.2, -0.15) is 13.2 Å². The molecular weight excluding hydrogens is 209 g/mol. The average molecular weight is 224 g/mol. The summed E-state index contributed by atoms with van der Waals surface area (Å²) < 4.78 is 36.2. The van der Waals surface area contributed by atoms with E-state index in [1.807, 2.05) is 0 Å². The van der Waals surface area contributed by atoms with Gasteiger partial charge in [0.25, 0.3) is 0 Å². The van der Waals surface area contributed by atoms with Crippen LogP contribution in [0.5, 0.6) is 0 Å². The van der Waals surface area contributed by atoms with Gasteiger partial charge in [-0.15, -0.1) is 0 Å². The van der Waals surface area contributed by atoms with Crippen LogP contribution in [-0.2, 0) is 0 Å². The van der Waals surface area contributed by atoms with Crippen LogP contribution in [0.3, 0.4) is 0 Å². The summed E-state index contributed by atoms with van der Waals surface area (Å²) in [5, 5.41) is 2.58. The van der Waals surface area contributed by atoms with Crippen LogP contribution in [-0.4, -0.2) is 36.2 Å². The lowest BCUT2D eigenvalue weighted by molar-refractivity contribution is -0.139. The molecule has 0 bridgehead atoms. The van der Waals surface area contributed by atoms with Crippen LogP contribution in [0.1, 0.15) is 26.2 Å². The van der Waals surface area contributed by atoms with Crippen LogP contribution in [0, 0.1) is 0 Å². The van der Waals surface area contributed by atoms with Crippen LogP contribution in [0.2, 0.25) is 0 Å². The zero-order chi connectivity index (χ0) is 11.5. The Morgan fingerprint density at radius 1 is 1.47 bits per heavy atom. The third-order valence-electron chi connectivity index (χ3n) is 2.47. The van der Waals surface area contributed by atoms with E-state index in [0.717, 1.165) is 24.2 Å². The Kier molecular flexibility index (Phi) is 3.82. The van der Waals surface area contributed by atoms with E-state index in [1.54, 1.807) is 0 Å². The summed E-state index contributed by atoms with van der Waals surface area (Å²) in [6.07, 6.45) is -1.55. The molecule has 88 valence electrons. The number of hydrogen-bond acceptors (Lipinski definition) is 1. The van der Waals surface area contributed by atoms with Gasteiger partial charge in [-0.3, -0.25) is 0 Å². The molecule has 6 heteroatoms. The molecule has 15 heavy (non-hydrogen) atoms. The molecule has 0 aromatic heterocycles. The lowest BCUT2D eigenvalue weighted by Crippen LogP contribution is -2.49. The fourth-order valence-corrected chi connectivity index (χ4v) is 1.36. The molecule has 0 spiro atoms. The molecule has 0 aromatic carbocycles. The maximum Gasteiger partial charge on any atom is 0.406 e. The monoisotopic (exact) mass is 224 g/mol. The smallest absolute Gasteiger partial charge is 0.335 e. The summed E-state index contributed by atoms with van der Waals surface area (Å²) in [5.41, 5.74) is 0. The molecule has 1 saturated carbocycles. The maximum absolute atomic E-state index is 12.1. The Hall–Kier alpha value is -0.940. The molecule has 0 heterocycles. The third kappa shape index (κ3) is 3.97. The first-order chi connectivity index (χ1) is 6.92. The van der Waals surface area contributed by atoms with E-state index in [9.17, 15) is 18.0 Å². The van der Waals surface area contributed by atoms with E-state index in [0.29, 0.717) is 0 Å². The van der Waals surface area contributed by atoms with Gasteiger partial charge in [0.05, 0.1) is 0 Å². The Bertz CT molecular complexity index is 226. The summed E-state index contributed by atoms with van der Waals surface area (Å²) in [4.78, 5) is 12.1. The highest BCUT2D eigenvalue weighted by atomic mass is 19.4. The summed E-state index contributed by atoms with van der Waals surface area (Å²) in [6.45, 7) is 0.423. The Balaban J connectivity index is 2.38. The van der Waals surface area contributed by atoms with E-state index < -0.39 is 18.8 Å². The summed E-state index contributed by atoms with van der Waals surface area (Å²) in [7, 11) is 0. The molecule has 0 saturated heterocycles. The third-order valence-corrected chi connectivity index (χ3v) is 2.47. The Labute approximate surface area is 86.6 Å². The predicted molar refractivity (Wildman–Crippen MR) is 49.5 cm³/mol. The minimum absolute atomic E-state index is 0.0675. The summed E-state index contributed by atoms with van der Waals surface area (Å²) >= 11 is 0. The van der Waals surface area contributed by atoms with E-state index in [4.69, 9.17) is 0 Å². The number of carbonyl (C=O) groups excluding carboxylic acids is 1. The molecule has 3 nitrogen and oxygen atoms in total. The SMILES string of the molecule is CCN(CC(F)(F)F)C(=O)NC1CCC1. The molecule has 0 aromatic rings. The molecular formula is C9H15F3N2O. The number of amides is 2. The van der Waals surface area contributed by atoms with Crippen molar-refractivity contribution in [2.75, 3.05) is 13.1 Å². The second-order valence-corrected chi connectivity index (χ2v) is 3.71. The van der Waals surface area contributed by atoms with Gasteiger partial charge < -0.3 is 10.2 Å². The van der Waals surface area contributed by atoms with Crippen molar-refractivity contribution in [2.45, 2.75) is 38.4 Å². The first kappa shape index (κ1) is 12.1. The zero-order valence-corrected chi connectivity index (χ0v) is 8.60. The molecule has 0 atom stereocenters. The second-order valence-electron chi connectivity index (χ2n) is 3.71. The number of hydrogen-bond donors (Lipinski definition) is 1. The summed E-state index contributed by atoms with van der Waals surface area (Å²) in [6, 6.07) is -0.542. The highest BCUT2D eigenvalue weighted by Gasteiger charge is 2.33. The number of halogens is 3. The molecule has 1 rings (SSSR count). The van der Waals surface area contributed by atoms with Crippen molar-refractivity contribution < 1.29 is 18.0 Å². The van der Waals surface area contributed by atoms with Gasteiger partial charge >= 0.3 is 12.2 Å². The van der Waals surface area contributed by atoms with Crippen LogP contribution < -0.4 is 5.32 Å². The van der Waals surface area contributed by atoms with Gasteiger partial charge in [-0.25, -0.2) is 4.79 Å². The van der Waals surface area contributed by atoms with Crippen molar-refractivity contribution in [3.63, 3.8) is 0 Å². The molecule has 0 unspecified atom stereocenters. The second kappa shape index (κ2) is 4.72. The van der Waals surface area contributed by atoms with Gasteiger partial charge in [-0.05, 0) is 26.2 Å². The van der Waals surface area contributed by atoms with E-state index in [-0.39, 0.29) is 12.6 Å². The number of carbonyl (C=O) groups is 1. The van der Waals surface area contributed by atoms with E-state index >= 15 is 0 Å². The van der Waals surface area contributed by atoms with Gasteiger partial charge in [0.15, 0.2) is 0 Å². The molecule has 2 amide bonds. The van der Waals surface area contributed by atoms with E-state index in [2.05, 4.69) is 5.32 Å². The van der Waals surface area contributed by atoms with Crippen LogP contribution in [0.15, 0.2) is 0 Å². The topological polar surface area (TPSA) is 32.3 Å². The minimum Gasteiger partial charge on any atom is -0.335 e. The number of urea groups is 1.